The van der Waals surface area contributed by atoms with Crippen LogP contribution in [-0.4, -0.2) is 30.4 Å². The molecule has 0 aromatic heterocycles. The minimum absolute atomic E-state index is 0.200. The first kappa shape index (κ1) is 13.4. The minimum atomic E-state index is 0.200. The Morgan fingerprint density at radius 2 is 2.11 bits per heavy atom. The summed E-state index contributed by atoms with van der Waals surface area (Å²) in [6.07, 6.45) is 2.28. The lowest BCUT2D eigenvalue weighted by Gasteiger charge is -2.15. The van der Waals surface area contributed by atoms with Gasteiger partial charge >= 0.3 is 0 Å². The van der Waals surface area contributed by atoms with Gasteiger partial charge in [0, 0.05) is 24.7 Å². The molecule has 1 aliphatic heterocycles. The number of nitrogens with zero attached hydrogens (tertiary/aromatic N) is 1. The lowest BCUT2D eigenvalue weighted by atomic mass is 10.1. The molecule has 1 N–H and O–H groups in total. The maximum absolute atomic E-state index is 11.8. The number of rotatable bonds is 4. The van der Waals surface area contributed by atoms with Crippen LogP contribution in [0, 0.1) is 6.92 Å². The van der Waals surface area contributed by atoms with E-state index in [2.05, 4.69) is 5.32 Å². The smallest absolute Gasteiger partial charge is 0.236 e. The molecule has 1 saturated heterocycles. The highest BCUT2D eigenvalue weighted by Crippen LogP contribution is 2.16. The fraction of sp³-hybridized carbons (Fsp3) is 0.500. The molecule has 0 aliphatic carbocycles. The third-order valence-corrected chi connectivity index (χ3v) is 3.71. The van der Waals surface area contributed by atoms with Crippen LogP contribution in [0.4, 0.5) is 0 Å². The Hall–Kier alpha value is -1.06. The number of carbonyl (C=O) groups excluding carboxylic acids is 1. The Balaban J connectivity index is 1.77. The van der Waals surface area contributed by atoms with Crippen molar-refractivity contribution < 1.29 is 4.79 Å². The molecule has 98 valence electrons. The summed E-state index contributed by atoms with van der Waals surface area (Å²) >= 11 is 6.06. The van der Waals surface area contributed by atoms with E-state index in [1.54, 1.807) is 0 Å². The Bertz CT molecular complexity index is 428. The highest BCUT2D eigenvalue weighted by molar-refractivity contribution is 6.31. The molecule has 0 radical (unpaired) electrons. The fourth-order valence-corrected chi connectivity index (χ4v) is 2.34. The van der Waals surface area contributed by atoms with E-state index < -0.39 is 0 Å². The highest BCUT2D eigenvalue weighted by Gasteiger charge is 2.16. The number of likely N-dealkylation sites (tertiary alicyclic amines) is 1. The average Bonchev–Trinajstić information content (AvgIpc) is 2.87. The van der Waals surface area contributed by atoms with Crippen molar-refractivity contribution in [2.24, 2.45) is 0 Å². The fourth-order valence-electron chi connectivity index (χ4n) is 2.14. The first-order valence-corrected chi connectivity index (χ1v) is 6.78. The standard InChI is InChI=1S/C14H19ClN2O/c1-11-4-5-12(8-13(11)15)9-16-10-14(18)17-6-2-3-7-17/h4-5,8,16H,2-3,6-7,9-10H2,1H3. The van der Waals surface area contributed by atoms with Crippen molar-refractivity contribution in [2.75, 3.05) is 19.6 Å². The largest absolute Gasteiger partial charge is 0.342 e. The zero-order chi connectivity index (χ0) is 13.0. The van der Waals surface area contributed by atoms with Gasteiger partial charge in [-0.05, 0) is 37.0 Å². The molecule has 0 unspecified atom stereocenters. The summed E-state index contributed by atoms with van der Waals surface area (Å²) in [5.74, 6) is 0.200. The van der Waals surface area contributed by atoms with Gasteiger partial charge in [-0.1, -0.05) is 23.7 Å². The van der Waals surface area contributed by atoms with Gasteiger partial charge in [-0.15, -0.1) is 0 Å². The van der Waals surface area contributed by atoms with Gasteiger partial charge in [-0.25, -0.2) is 0 Å². The molecule has 3 nitrogen and oxygen atoms in total. The average molecular weight is 267 g/mol. The van der Waals surface area contributed by atoms with Gasteiger partial charge in [-0.3, -0.25) is 4.79 Å². The SMILES string of the molecule is Cc1ccc(CNCC(=O)N2CCCC2)cc1Cl. The maximum Gasteiger partial charge on any atom is 0.236 e. The summed E-state index contributed by atoms with van der Waals surface area (Å²) in [5, 5.41) is 3.95. The third-order valence-electron chi connectivity index (χ3n) is 3.30. The summed E-state index contributed by atoms with van der Waals surface area (Å²) in [5.41, 5.74) is 2.19. The van der Waals surface area contributed by atoms with Crippen LogP contribution in [0.3, 0.4) is 0 Å². The molecule has 1 fully saturated rings. The predicted molar refractivity (Wildman–Crippen MR) is 73.7 cm³/mol. The van der Waals surface area contributed by atoms with Gasteiger partial charge in [0.05, 0.1) is 6.54 Å². The molecule has 0 bridgehead atoms. The second-order valence-electron chi connectivity index (χ2n) is 4.77. The number of halogens is 1. The quantitative estimate of drug-likeness (QED) is 0.907. The Morgan fingerprint density at radius 1 is 1.39 bits per heavy atom. The minimum Gasteiger partial charge on any atom is -0.342 e. The molecule has 0 atom stereocenters. The van der Waals surface area contributed by atoms with Crippen LogP contribution in [0.25, 0.3) is 0 Å². The van der Waals surface area contributed by atoms with E-state index in [-0.39, 0.29) is 5.91 Å². The van der Waals surface area contributed by atoms with Crippen molar-refractivity contribution >= 4 is 17.5 Å². The first-order valence-electron chi connectivity index (χ1n) is 6.40. The number of amides is 1. The molecular formula is C14H19ClN2O. The number of hydrogen-bond donors (Lipinski definition) is 1. The lowest BCUT2D eigenvalue weighted by molar-refractivity contribution is -0.129. The molecule has 18 heavy (non-hydrogen) atoms. The van der Waals surface area contributed by atoms with Crippen LogP contribution < -0.4 is 5.32 Å². The molecule has 1 amide bonds. The predicted octanol–water partition coefficient (Wildman–Crippen LogP) is 2.36. The Labute approximate surface area is 113 Å². The lowest BCUT2D eigenvalue weighted by Crippen LogP contribution is -2.35. The van der Waals surface area contributed by atoms with Crippen LogP contribution in [0.15, 0.2) is 18.2 Å². The summed E-state index contributed by atoms with van der Waals surface area (Å²) in [4.78, 5) is 13.7. The Kier molecular flexibility index (Phi) is 4.61. The topological polar surface area (TPSA) is 32.3 Å². The third kappa shape index (κ3) is 3.47. The Morgan fingerprint density at radius 3 is 2.78 bits per heavy atom. The number of carbonyl (C=O) groups is 1. The second-order valence-corrected chi connectivity index (χ2v) is 5.18. The van der Waals surface area contributed by atoms with Crippen molar-refractivity contribution in [2.45, 2.75) is 26.3 Å². The highest BCUT2D eigenvalue weighted by atomic mass is 35.5. The molecular weight excluding hydrogens is 248 g/mol. The van der Waals surface area contributed by atoms with E-state index in [9.17, 15) is 4.79 Å². The molecule has 0 spiro atoms. The van der Waals surface area contributed by atoms with Crippen molar-refractivity contribution in [1.29, 1.82) is 0 Å². The van der Waals surface area contributed by atoms with Gasteiger partial charge in [0.15, 0.2) is 0 Å². The second kappa shape index (κ2) is 6.21. The number of hydrogen-bond acceptors (Lipinski definition) is 2. The zero-order valence-corrected chi connectivity index (χ0v) is 11.5. The van der Waals surface area contributed by atoms with E-state index >= 15 is 0 Å². The van der Waals surface area contributed by atoms with Crippen molar-refractivity contribution in [3.8, 4) is 0 Å². The van der Waals surface area contributed by atoms with E-state index in [4.69, 9.17) is 11.6 Å². The van der Waals surface area contributed by atoms with Crippen LogP contribution in [-0.2, 0) is 11.3 Å². The van der Waals surface area contributed by atoms with Crippen LogP contribution in [0.2, 0.25) is 5.02 Å². The number of benzene rings is 1. The summed E-state index contributed by atoms with van der Waals surface area (Å²) < 4.78 is 0. The van der Waals surface area contributed by atoms with E-state index in [1.165, 1.54) is 0 Å². The number of aryl methyl sites for hydroxylation is 1. The summed E-state index contributed by atoms with van der Waals surface area (Å²) in [7, 11) is 0. The van der Waals surface area contributed by atoms with Crippen molar-refractivity contribution in [3.05, 3.63) is 34.3 Å². The van der Waals surface area contributed by atoms with Gasteiger partial charge in [0.2, 0.25) is 5.91 Å². The van der Waals surface area contributed by atoms with Crippen molar-refractivity contribution in [1.82, 2.24) is 10.2 Å². The number of nitrogens with one attached hydrogen (secondary N) is 1. The summed E-state index contributed by atoms with van der Waals surface area (Å²) in [6.45, 7) is 4.90. The van der Waals surface area contributed by atoms with Crippen LogP contribution in [0.5, 0.6) is 0 Å². The van der Waals surface area contributed by atoms with Gasteiger partial charge in [0.1, 0.15) is 0 Å². The van der Waals surface area contributed by atoms with Crippen LogP contribution in [0.1, 0.15) is 24.0 Å². The molecule has 0 saturated carbocycles. The zero-order valence-electron chi connectivity index (χ0n) is 10.7. The summed E-state index contributed by atoms with van der Waals surface area (Å²) in [6, 6.07) is 5.99. The molecule has 2 rings (SSSR count). The van der Waals surface area contributed by atoms with Crippen LogP contribution >= 0.6 is 11.6 Å². The van der Waals surface area contributed by atoms with Gasteiger partial charge in [0.25, 0.3) is 0 Å². The monoisotopic (exact) mass is 266 g/mol. The molecule has 1 aliphatic rings. The maximum atomic E-state index is 11.8. The van der Waals surface area contributed by atoms with Gasteiger partial charge < -0.3 is 10.2 Å². The van der Waals surface area contributed by atoms with Gasteiger partial charge in [-0.2, -0.15) is 0 Å². The molecule has 1 heterocycles. The van der Waals surface area contributed by atoms with E-state index in [0.29, 0.717) is 13.1 Å². The van der Waals surface area contributed by atoms with E-state index in [1.807, 2.05) is 30.0 Å². The molecule has 1 aromatic carbocycles. The molecule has 1 aromatic rings. The normalized spacial score (nSPS) is 15.1. The van der Waals surface area contributed by atoms with E-state index in [0.717, 1.165) is 42.1 Å². The first-order chi connectivity index (χ1) is 8.66. The molecule has 4 heteroatoms. The van der Waals surface area contributed by atoms with Crippen molar-refractivity contribution in [3.63, 3.8) is 0 Å².